The molecule has 0 saturated heterocycles. The Morgan fingerprint density at radius 1 is 0.444 bits per heavy atom. The highest BCUT2D eigenvalue weighted by Crippen LogP contribution is 2.12. The molecule has 0 aliphatic rings. The maximum Gasteiger partial charge on any atom is 0.0701 e. The smallest absolute Gasteiger partial charge is 0.0701 e. The van der Waals surface area contributed by atoms with E-state index >= 15 is 0 Å². The number of rotatable bonds is 32. The number of aliphatic hydroxyl groups excluding tert-OH is 1. The molecule has 1 unspecified atom stereocenters. The molecule has 0 aromatic rings. The molecule has 0 saturated carbocycles. The maximum absolute atomic E-state index is 8.56. The molecule has 0 aromatic carbocycles. The topological polar surface area (TPSA) is 103 Å². The van der Waals surface area contributed by atoms with Crippen LogP contribution in [0.1, 0.15) is 39.5 Å². The SMILES string of the molecule is CCCCC(CC)COCCOCCOCCOCCOCCOCCOCCOCCOCCO. The summed E-state index contributed by atoms with van der Waals surface area (Å²) in [7, 11) is 0. The van der Waals surface area contributed by atoms with Crippen LogP contribution in [0.5, 0.6) is 0 Å². The fraction of sp³-hybridized carbons (Fsp3) is 1.00. The second-order valence-electron chi connectivity index (χ2n) is 8.11. The van der Waals surface area contributed by atoms with Gasteiger partial charge < -0.3 is 47.7 Å². The molecule has 0 bridgehead atoms. The van der Waals surface area contributed by atoms with Gasteiger partial charge in [0.05, 0.1) is 119 Å². The summed E-state index contributed by atoms with van der Waals surface area (Å²) in [5.74, 6) is 0.671. The largest absolute Gasteiger partial charge is 0.394 e. The molecular formula is C26H54O10. The molecule has 218 valence electrons. The lowest BCUT2D eigenvalue weighted by Crippen LogP contribution is -2.15. The van der Waals surface area contributed by atoms with E-state index in [2.05, 4.69) is 13.8 Å². The third kappa shape index (κ3) is 29.8. The standard InChI is InChI=1S/C26H54O10/c1-3-5-6-26(4-2)25-36-24-23-35-22-21-34-20-19-33-18-17-32-16-15-31-14-13-30-12-11-29-10-9-28-8-7-27/h26-27H,3-25H2,1-2H3. The molecule has 10 nitrogen and oxygen atoms in total. The third-order valence-corrected chi connectivity index (χ3v) is 5.11. The van der Waals surface area contributed by atoms with Gasteiger partial charge in [0.1, 0.15) is 0 Å². The Labute approximate surface area is 219 Å². The summed E-state index contributed by atoms with van der Waals surface area (Å²) in [4.78, 5) is 0. The van der Waals surface area contributed by atoms with Gasteiger partial charge in [-0.05, 0) is 12.3 Å². The van der Waals surface area contributed by atoms with Crippen LogP contribution < -0.4 is 0 Å². The Morgan fingerprint density at radius 2 is 0.750 bits per heavy atom. The van der Waals surface area contributed by atoms with E-state index in [-0.39, 0.29) is 6.61 Å². The Balaban J connectivity index is 3.09. The first-order valence-corrected chi connectivity index (χ1v) is 13.7. The van der Waals surface area contributed by atoms with Crippen LogP contribution in [-0.2, 0) is 42.6 Å². The highest BCUT2D eigenvalue weighted by molar-refractivity contribution is 4.55. The van der Waals surface area contributed by atoms with Crippen LogP contribution >= 0.6 is 0 Å². The van der Waals surface area contributed by atoms with Crippen molar-refractivity contribution in [3.05, 3.63) is 0 Å². The van der Waals surface area contributed by atoms with E-state index in [1.54, 1.807) is 0 Å². The summed E-state index contributed by atoms with van der Waals surface area (Å²) in [6, 6.07) is 0. The molecular weight excluding hydrogens is 472 g/mol. The van der Waals surface area contributed by atoms with Gasteiger partial charge in [-0.3, -0.25) is 0 Å². The first kappa shape index (κ1) is 35.6. The lowest BCUT2D eigenvalue weighted by molar-refractivity contribution is -0.0261. The second-order valence-corrected chi connectivity index (χ2v) is 8.11. The zero-order chi connectivity index (χ0) is 26.2. The van der Waals surface area contributed by atoms with Gasteiger partial charge in [-0.15, -0.1) is 0 Å². The van der Waals surface area contributed by atoms with Gasteiger partial charge in [0.15, 0.2) is 0 Å². The predicted molar refractivity (Wildman–Crippen MR) is 138 cm³/mol. The van der Waals surface area contributed by atoms with Crippen LogP contribution in [0.25, 0.3) is 0 Å². The molecule has 36 heavy (non-hydrogen) atoms. The van der Waals surface area contributed by atoms with Crippen molar-refractivity contribution in [2.45, 2.75) is 39.5 Å². The summed E-state index contributed by atoms with van der Waals surface area (Å²) < 4.78 is 48.9. The molecule has 0 spiro atoms. The number of hydrogen-bond donors (Lipinski definition) is 1. The van der Waals surface area contributed by atoms with Gasteiger partial charge in [-0.25, -0.2) is 0 Å². The molecule has 0 fully saturated rings. The highest BCUT2D eigenvalue weighted by atomic mass is 16.6. The third-order valence-electron chi connectivity index (χ3n) is 5.11. The van der Waals surface area contributed by atoms with E-state index in [4.69, 9.17) is 47.7 Å². The summed E-state index contributed by atoms with van der Waals surface area (Å²) in [5, 5.41) is 8.56. The zero-order valence-corrected chi connectivity index (χ0v) is 23.0. The number of ether oxygens (including phenoxy) is 9. The van der Waals surface area contributed by atoms with Gasteiger partial charge in [-0.1, -0.05) is 33.1 Å². The van der Waals surface area contributed by atoms with Gasteiger partial charge in [0.2, 0.25) is 0 Å². The van der Waals surface area contributed by atoms with E-state index in [1.165, 1.54) is 25.7 Å². The van der Waals surface area contributed by atoms with E-state index in [0.717, 1.165) is 6.61 Å². The van der Waals surface area contributed by atoms with Gasteiger partial charge in [0.25, 0.3) is 0 Å². The lowest BCUT2D eigenvalue weighted by Gasteiger charge is -2.14. The summed E-state index contributed by atoms with van der Waals surface area (Å²) in [5.41, 5.74) is 0. The van der Waals surface area contributed by atoms with E-state index in [1.807, 2.05) is 0 Å². The minimum Gasteiger partial charge on any atom is -0.394 e. The van der Waals surface area contributed by atoms with Crippen molar-refractivity contribution in [1.82, 2.24) is 0 Å². The average molecular weight is 527 g/mol. The lowest BCUT2D eigenvalue weighted by atomic mass is 10.0. The number of hydrogen-bond acceptors (Lipinski definition) is 10. The molecule has 0 amide bonds. The van der Waals surface area contributed by atoms with E-state index in [0.29, 0.717) is 118 Å². The van der Waals surface area contributed by atoms with Crippen molar-refractivity contribution in [3.63, 3.8) is 0 Å². The number of aliphatic hydroxyl groups is 1. The molecule has 0 aromatic heterocycles. The van der Waals surface area contributed by atoms with Crippen LogP contribution in [0.15, 0.2) is 0 Å². The fourth-order valence-corrected chi connectivity index (χ4v) is 2.97. The van der Waals surface area contributed by atoms with Gasteiger partial charge in [-0.2, -0.15) is 0 Å². The number of unbranched alkanes of at least 4 members (excludes halogenated alkanes) is 1. The van der Waals surface area contributed by atoms with Crippen LogP contribution in [0.2, 0.25) is 0 Å². The Hall–Kier alpha value is -0.400. The van der Waals surface area contributed by atoms with Crippen molar-refractivity contribution in [1.29, 1.82) is 0 Å². The van der Waals surface area contributed by atoms with Crippen LogP contribution in [0, 0.1) is 5.92 Å². The summed E-state index contributed by atoms with van der Waals surface area (Å²) in [6.07, 6.45) is 4.96. The van der Waals surface area contributed by atoms with E-state index < -0.39 is 0 Å². The van der Waals surface area contributed by atoms with Crippen molar-refractivity contribution in [3.8, 4) is 0 Å². The molecule has 0 radical (unpaired) electrons. The Bertz CT molecular complexity index is 390. The predicted octanol–water partition coefficient (Wildman–Crippen LogP) is 2.34. The fourth-order valence-electron chi connectivity index (χ4n) is 2.97. The van der Waals surface area contributed by atoms with Crippen molar-refractivity contribution in [2.75, 3.05) is 126 Å². The Kier molecular flexibility index (Phi) is 32.3. The monoisotopic (exact) mass is 526 g/mol. The normalized spacial score (nSPS) is 12.4. The molecule has 1 N–H and O–H groups in total. The van der Waals surface area contributed by atoms with Gasteiger partial charge in [0, 0.05) is 6.61 Å². The minimum absolute atomic E-state index is 0.0320. The molecule has 1 atom stereocenters. The van der Waals surface area contributed by atoms with Gasteiger partial charge >= 0.3 is 0 Å². The molecule has 0 heterocycles. The summed E-state index contributed by atoms with van der Waals surface area (Å²) in [6.45, 7) is 14.3. The van der Waals surface area contributed by atoms with Crippen LogP contribution in [0.4, 0.5) is 0 Å². The van der Waals surface area contributed by atoms with Crippen molar-refractivity contribution >= 4 is 0 Å². The van der Waals surface area contributed by atoms with Crippen LogP contribution in [0.3, 0.4) is 0 Å². The average Bonchev–Trinajstić information content (AvgIpc) is 2.90. The van der Waals surface area contributed by atoms with Crippen molar-refractivity contribution < 1.29 is 47.7 Å². The first-order valence-electron chi connectivity index (χ1n) is 13.7. The molecule has 0 aliphatic heterocycles. The van der Waals surface area contributed by atoms with Crippen LogP contribution in [-0.4, -0.2) is 131 Å². The second kappa shape index (κ2) is 32.6. The minimum atomic E-state index is 0.0320. The first-order chi connectivity index (χ1) is 17.8. The molecule has 10 heteroatoms. The Morgan fingerprint density at radius 3 is 1.03 bits per heavy atom. The summed E-state index contributed by atoms with van der Waals surface area (Å²) >= 11 is 0. The molecule has 0 rings (SSSR count). The highest BCUT2D eigenvalue weighted by Gasteiger charge is 2.05. The quantitative estimate of drug-likeness (QED) is 0.131. The zero-order valence-electron chi connectivity index (χ0n) is 23.0. The van der Waals surface area contributed by atoms with Crippen molar-refractivity contribution in [2.24, 2.45) is 5.92 Å². The van der Waals surface area contributed by atoms with E-state index in [9.17, 15) is 0 Å². The molecule has 0 aliphatic carbocycles. The maximum atomic E-state index is 8.56.